The molecule has 0 aromatic carbocycles. The average Bonchev–Trinajstić information content (AvgIpc) is 2.39. The van der Waals surface area contributed by atoms with E-state index in [4.69, 9.17) is 15.2 Å². The Hall–Kier alpha value is -1.89. The second-order valence-corrected chi connectivity index (χ2v) is 3.56. The number of primary amides is 1. The number of carbonyl (C=O) groups is 1. The van der Waals surface area contributed by atoms with Gasteiger partial charge in [-0.25, -0.2) is 4.98 Å². The summed E-state index contributed by atoms with van der Waals surface area (Å²) in [6, 6.07) is 0. The zero-order valence-electron chi connectivity index (χ0n) is 9.55. The van der Waals surface area contributed by atoms with Gasteiger partial charge in [-0.1, -0.05) is 0 Å². The average molecular weight is 238 g/mol. The first-order valence-electron chi connectivity index (χ1n) is 5.26. The largest absolute Gasteiger partial charge is 0.480 e. The van der Waals surface area contributed by atoms with Crippen LogP contribution >= 0.6 is 0 Å². The van der Waals surface area contributed by atoms with Gasteiger partial charge in [-0.3, -0.25) is 4.79 Å². The van der Waals surface area contributed by atoms with Gasteiger partial charge in [-0.2, -0.15) is 4.98 Å². The molecule has 1 aromatic heterocycles. The molecule has 1 amide bonds. The number of carbonyl (C=O) groups excluding carboxylic acids is 1. The summed E-state index contributed by atoms with van der Waals surface area (Å²) < 4.78 is 10.3. The van der Waals surface area contributed by atoms with E-state index in [0.29, 0.717) is 19.2 Å². The Bertz CT molecular complexity index is 418. The van der Waals surface area contributed by atoms with Crippen LogP contribution in [-0.2, 0) is 4.74 Å². The number of ether oxygens (including phenoxy) is 2. The molecule has 0 radical (unpaired) electrons. The van der Waals surface area contributed by atoms with Crippen molar-refractivity contribution in [3.63, 3.8) is 0 Å². The summed E-state index contributed by atoms with van der Waals surface area (Å²) in [5, 5.41) is 0. The van der Waals surface area contributed by atoms with E-state index >= 15 is 0 Å². The SMILES string of the molecule is COc1nc(N2CCOCC2)ncc1C(N)=O. The first kappa shape index (κ1) is 11.6. The lowest BCUT2D eigenvalue weighted by Crippen LogP contribution is -2.37. The van der Waals surface area contributed by atoms with Crippen LogP contribution in [0.1, 0.15) is 10.4 Å². The number of aromatic nitrogens is 2. The van der Waals surface area contributed by atoms with Crippen LogP contribution in [0.25, 0.3) is 0 Å². The van der Waals surface area contributed by atoms with E-state index in [1.54, 1.807) is 0 Å². The lowest BCUT2D eigenvalue weighted by atomic mass is 10.3. The standard InChI is InChI=1S/C10H14N4O3/c1-16-9-7(8(11)15)6-12-10(13-9)14-2-4-17-5-3-14/h6H,2-5H2,1H3,(H2,11,15). The van der Waals surface area contributed by atoms with Gasteiger partial charge in [0.2, 0.25) is 11.8 Å². The number of amides is 1. The molecule has 1 aromatic rings. The molecule has 1 aliphatic heterocycles. The van der Waals surface area contributed by atoms with E-state index in [-0.39, 0.29) is 11.4 Å². The minimum absolute atomic E-state index is 0.185. The molecule has 1 fully saturated rings. The Morgan fingerprint density at radius 2 is 2.24 bits per heavy atom. The third-order valence-corrected chi connectivity index (χ3v) is 2.49. The molecule has 0 unspecified atom stereocenters. The van der Waals surface area contributed by atoms with Crippen LogP contribution < -0.4 is 15.4 Å². The van der Waals surface area contributed by atoms with Crippen molar-refractivity contribution in [1.82, 2.24) is 9.97 Å². The number of hydrogen-bond donors (Lipinski definition) is 1. The highest BCUT2D eigenvalue weighted by molar-refractivity contribution is 5.94. The fourth-order valence-electron chi connectivity index (χ4n) is 1.60. The minimum Gasteiger partial charge on any atom is -0.480 e. The van der Waals surface area contributed by atoms with Gasteiger partial charge in [0.05, 0.1) is 20.3 Å². The molecule has 92 valence electrons. The van der Waals surface area contributed by atoms with E-state index in [2.05, 4.69) is 9.97 Å². The highest BCUT2D eigenvalue weighted by atomic mass is 16.5. The predicted molar refractivity (Wildman–Crippen MR) is 60.1 cm³/mol. The van der Waals surface area contributed by atoms with Crippen molar-refractivity contribution >= 4 is 11.9 Å². The van der Waals surface area contributed by atoms with E-state index in [1.165, 1.54) is 13.3 Å². The fourth-order valence-corrected chi connectivity index (χ4v) is 1.60. The summed E-state index contributed by atoms with van der Waals surface area (Å²) in [6.07, 6.45) is 1.39. The molecule has 7 heteroatoms. The quantitative estimate of drug-likeness (QED) is 0.757. The first-order valence-corrected chi connectivity index (χ1v) is 5.26. The summed E-state index contributed by atoms with van der Waals surface area (Å²) in [6.45, 7) is 2.73. The van der Waals surface area contributed by atoms with E-state index in [9.17, 15) is 4.79 Å². The van der Waals surface area contributed by atoms with Crippen molar-refractivity contribution in [2.24, 2.45) is 5.73 Å². The summed E-state index contributed by atoms with van der Waals surface area (Å²) >= 11 is 0. The third kappa shape index (κ3) is 2.44. The van der Waals surface area contributed by atoms with Crippen LogP contribution in [-0.4, -0.2) is 49.3 Å². The van der Waals surface area contributed by atoms with E-state index < -0.39 is 5.91 Å². The maximum absolute atomic E-state index is 11.1. The highest BCUT2D eigenvalue weighted by Crippen LogP contribution is 2.18. The Morgan fingerprint density at radius 3 is 2.82 bits per heavy atom. The Kier molecular flexibility index (Phi) is 3.38. The van der Waals surface area contributed by atoms with Crippen molar-refractivity contribution in [3.8, 4) is 5.88 Å². The van der Waals surface area contributed by atoms with Crippen LogP contribution in [0.5, 0.6) is 5.88 Å². The van der Waals surface area contributed by atoms with Gasteiger partial charge in [-0.15, -0.1) is 0 Å². The van der Waals surface area contributed by atoms with Crippen LogP contribution in [0.2, 0.25) is 0 Å². The molecule has 2 rings (SSSR count). The molecule has 0 spiro atoms. The molecule has 2 heterocycles. The summed E-state index contributed by atoms with van der Waals surface area (Å²) in [4.78, 5) is 21.3. The molecule has 1 aliphatic rings. The lowest BCUT2D eigenvalue weighted by molar-refractivity contribution is 0.0996. The van der Waals surface area contributed by atoms with Crippen molar-refractivity contribution in [3.05, 3.63) is 11.8 Å². The van der Waals surface area contributed by atoms with Crippen LogP contribution in [0.3, 0.4) is 0 Å². The maximum Gasteiger partial charge on any atom is 0.255 e. The molecule has 0 aliphatic carbocycles. The van der Waals surface area contributed by atoms with Crippen LogP contribution in [0, 0.1) is 0 Å². The second-order valence-electron chi connectivity index (χ2n) is 3.56. The monoisotopic (exact) mass is 238 g/mol. The molecular weight excluding hydrogens is 224 g/mol. The Labute approximate surface area is 98.5 Å². The molecule has 17 heavy (non-hydrogen) atoms. The minimum atomic E-state index is -0.602. The van der Waals surface area contributed by atoms with Gasteiger partial charge in [0.1, 0.15) is 5.56 Å². The summed E-state index contributed by atoms with van der Waals surface area (Å²) in [5.74, 6) is 0.125. The van der Waals surface area contributed by atoms with Crippen molar-refractivity contribution in [1.29, 1.82) is 0 Å². The second kappa shape index (κ2) is 4.96. The number of anilines is 1. The molecule has 0 atom stereocenters. The van der Waals surface area contributed by atoms with Crippen molar-refractivity contribution in [2.75, 3.05) is 38.3 Å². The predicted octanol–water partition coefficient (Wildman–Crippen LogP) is -0.579. The summed E-state index contributed by atoms with van der Waals surface area (Å²) in [7, 11) is 1.44. The number of methoxy groups -OCH3 is 1. The Balaban J connectivity index is 2.27. The molecule has 7 nitrogen and oxygen atoms in total. The maximum atomic E-state index is 11.1. The van der Waals surface area contributed by atoms with Gasteiger partial charge in [0.15, 0.2) is 0 Å². The van der Waals surface area contributed by atoms with E-state index in [1.807, 2.05) is 4.90 Å². The number of morpholine rings is 1. The molecule has 2 N–H and O–H groups in total. The van der Waals surface area contributed by atoms with Gasteiger partial charge < -0.3 is 20.1 Å². The molecule has 0 bridgehead atoms. The number of nitrogens with zero attached hydrogens (tertiary/aromatic N) is 3. The van der Waals surface area contributed by atoms with Crippen LogP contribution in [0.15, 0.2) is 6.20 Å². The number of hydrogen-bond acceptors (Lipinski definition) is 6. The first-order chi connectivity index (χ1) is 8.22. The zero-order valence-corrected chi connectivity index (χ0v) is 9.55. The highest BCUT2D eigenvalue weighted by Gasteiger charge is 2.18. The smallest absolute Gasteiger partial charge is 0.255 e. The lowest BCUT2D eigenvalue weighted by Gasteiger charge is -2.26. The zero-order chi connectivity index (χ0) is 12.3. The Morgan fingerprint density at radius 1 is 1.53 bits per heavy atom. The van der Waals surface area contributed by atoms with Crippen LogP contribution in [0.4, 0.5) is 5.95 Å². The van der Waals surface area contributed by atoms with Crippen molar-refractivity contribution in [2.45, 2.75) is 0 Å². The topological polar surface area (TPSA) is 90.6 Å². The van der Waals surface area contributed by atoms with Gasteiger partial charge in [0.25, 0.3) is 5.91 Å². The van der Waals surface area contributed by atoms with E-state index in [0.717, 1.165) is 13.1 Å². The fraction of sp³-hybridized carbons (Fsp3) is 0.500. The molecular formula is C10H14N4O3. The molecule has 1 saturated heterocycles. The normalized spacial score (nSPS) is 15.7. The van der Waals surface area contributed by atoms with Gasteiger partial charge in [0, 0.05) is 19.3 Å². The number of nitrogens with two attached hydrogens (primary N) is 1. The van der Waals surface area contributed by atoms with Crippen molar-refractivity contribution < 1.29 is 14.3 Å². The van der Waals surface area contributed by atoms with Gasteiger partial charge >= 0.3 is 0 Å². The third-order valence-electron chi connectivity index (χ3n) is 2.49. The summed E-state index contributed by atoms with van der Waals surface area (Å²) in [5.41, 5.74) is 5.37. The number of rotatable bonds is 3. The van der Waals surface area contributed by atoms with Gasteiger partial charge in [-0.05, 0) is 0 Å². The molecule has 0 saturated carbocycles.